The molecule has 0 spiro atoms. The molecular formula is C13H21NO4. The van der Waals surface area contributed by atoms with Crippen LogP contribution in [0.5, 0.6) is 0 Å². The number of hydrogen-bond donors (Lipinski definition) is 2. The van der Waals surface area contributed by atoms with Crippen molar-refractivity contribution < 1.29 is 19.4 Å². The van der Waals surface area contributed by atoms with E-state index >= 15 is 0 Å². The predicted molar refractivity (Wildman–Crippen MR) is 65.0 cm³/mol. The van der Waals surface area contributed by atoms with Crippen LogP contribution < -0.4 is 5.32 Å². The Hall–Kier alpha value is -1.10. The standard InChI is InChI=1S/C13H21NO4/c1-7-3-4-9(8(7)2)14-12(15)10-5-6-11(18-10)13(16)17/h7-11H,3-6H2,1-2H3,(H,14,15)(H,16,17). The second-order valence-electron chi connectivity index (χ2n) is 5.56. The third kappa shape index (κ3) is 2.66. The molecule has 1 saturated carbocycles. The average Bonchev–Trinajstić information content (AvgIpc) is 2.91. The molecule has 5 heteroatoms. The number of ether oxygens (including phenoxy) is 1. The highest BCUT2D eigenvalue weighted by molar-refractivity contribution is 5.82. The third-order valence-corrected chi connectivity index (χ3v) is 4.38. The fourth-order valence-electron chi connectivity index (χ4n) is 2.86. The summed E-state index contributed by atoms with van der Waals surface area (Å²) >= 11 is 0. The lowest BCUT2D eigenvalue weighted by Crippen LogP contribution is -2.43. The number of carboxylic acids is 1. The maximum atomic E-state index is 12.0. The monoisotopic (exact) mass is 255 g/mol. The molecule has 5 nitrogen and oxygen atoms in total. The maximum absolute atomic E-state index is 12.0. The molecule has 5 atom stereocenters. The lowest BCUT2D eigenvalue weighted by Gasteiger charge is -2.21. The summed E-state index contributed by atoms with van der Waals surface area (Å²) in [4.78, 5) is 22.7. The zero-order valence-corrected chi connectivity index (χ0v) is 10.9. The van der Waals surface area contributed by atoms with Gasteiger partial charge in [0.15, 0.2) is 6.10 Å². The van der Waals surface area contributed by atoms with Crippen molar-refractivity contribution in [2.45, 2.75) is 57.8 Å². The molecule has 2 rings (SSSR count). The van der Waals surface area contributed by atoms with E-state index in [0.717, 1.165) is 12.8 Å². The van der Waals surface area contributed by atoms with E-state index in [4.69, 9.17) is 9.84 Å². The Morgan fingerprint density at radius 3 is 2.28 bits per heavy atom. The summed E-state index contributed by atoms with van der Waals surface area (Å²) in [7, 11) is 0. The molecule has 1 saturated heterocycles. The van der Waals surface area contributed by atoms with E-state index < -0.39 is 18.2 Å². The van der Waals surface area contributed by atoms with E-state index in [-0.39, 0.29) is 11.9 Å². The van der Waals surface area contributed by atoms with Crippen molar-refractivity contribution in [3.63, 3.8) is 0 Å². The number of amides is 1. The second-order valence-corrected chi connectivity index (χ2v) is 5.56. The van der Waals surface area contributed by atoms with Crippen molar-refractivity contribution >= 4 is 11.9 Å². The normalized spacial score (nSPS) is 39.8. The highest BCUT2D eigenvalue weighted by atomic mass is 16.5. The number of rotatable bonds is 3. The SMILES string of the molecule is CC1CCC(NC(=O)C2CCC(C(=O)O)O2)C1C. The molecule has 2 aliphatic rings. The van der Waals surface area contributed by atoms with Gasteiger partial charge in [0.25, 0.3) is 0 Å². The molecule has 0 bridgehead atoms. The molecule has 1 aliphatic heterocycles. The van der Waals surface area contributed by atoms with Crippen molar-refractivity contribution in [3.8, 4) is 0 Å². The Morgan fingerprint density at radius 1 is 1.11 bits per heavy atom. The molecule has 102 valence electrons. The van der Waals surface area contributed by atoms with Gasteiger partial charge < -0.3 is 15.2 Å². The topological polar surface area (TPSA) is 75.6 Å². The van der Waals surface area contributed by atoms with Gasteiger partial charge in [-0.25, -0.2) is 4.79 Å². The molecule has 0 aromatic rings. The van der Waals surface area contributed by atoms with Crippen LogP contribution in [-0.2, 0) is 14.3 Å². The first-order chi connectivity index (χ1) is 8.49. The lowest BCUT2D eigenvalue weighted by molar-refractivity contribution is -0.152. The largest absolute Gasteiger partial charge is 0.479 e. The average molecular weight is 255 g/mol. The third-order valence-electron chi connectivity index (χ3n) is 4.38. The van der Waals surface area contributed by atoms with Gasteiger partial charge in [0, 0.05) is 6.04 Å². The van der Waals surface area contributed by atoms with Crippen LogP contribution in [0.2, 0.25) is 0 Å². The number of aliphatic carboxylic acids is 1. The minimum atomic E-state index is -0.979. The van der Waals surface area contributed by atoms with Crippen molar-refractivity contribution in [2.24, 2.45) is 11.8 Å². The van der Waals surface area contributed by atoms with Gasteiger partial charge in [-0.05, 0) is 37.5 Å². The maximum Gasteiger partial charge on any atom is 0.332 e. The van der Waals surface area contributed by atoms with Crippen LogP contribution in [0.3, 0.4) is 0 Å². The zero-order chi connectivity index (χ0) is 13.3. The van der Waals surface area contributed by atoms with Gasteiger partial charge in [0.1, 0.15) is 6.10 Å². The summed E-state index contributed by atoms with van der Waals surface area (Å²) in [6.45, 7) is 4.35. The smallest absolute Gasteiger partial charge is 0.332 e. The minimum Gasteiger partial charge on any atom is -0.479 e. The summed E-state index contributed by atoms with van der Waals surface area (Å²) in [6, 6.07) is 0.208. The zero-order valence-electron chi connectivity index (χ0n) is 10.9. The van der Waals surface area contributed by atoms with Crippen LogP contribution >= 0.6 is 0 Å². The predicted octanol–water partition coefficient (Wildman–Crippen LogP) is 1.17. The molecule has 0 aromatic carbocycles. The van der Waals surface area contributed by atoms with Gasteiger partial charge in [0.2, 0.25) is 5.91 Å². The summed E-state index contributed by atoms with van der Waals surface area (Å²) in [6.07, 6.45) is 1.65. The Balaban J connectivity index is 1.84. The number of carbonyl (C=O) groups excluding carboxylic acids is 1. The van der Waals surface area contributed by atoms with Crippen LogP contribution in [-0.4, -0.2) is 35.2 Å². The van der Waals surface area contributed by atoms with Crippen LogP contribution in [0.25, 0.3) is 0 Å². The van der Waals surface area contributed by atoms with Gasteiger partial charge in [-0.3, -0.25) is 4.79 Å². The lowest BCUT2D eigenvalue weighted by atomic mass is 9.97. The molecule has 1 amide bonds. The fourth-order valence-corrected chi connectivity index (χ4v) is 2.86. The molecule has 5 unspecified atom stereocenters. The van der Waals surface area contributed by atoms with E-state index in [2.05, 4.69) is 19.2 Å². The molecule has 1 aliphatic carbocycles. The van der Waals surface area contributed by atoms with E-state index in [0.29, 0.717) is 24.7 Å². The Bertz CT molecular complexity index is 344. The first kappa shape index (κ1) is 13.3. The number of carboxylic acid groups (broad SMARTS) is 1. The Kier molecular flexibility index (Phi) is 3.90. The quantitative estimate of drug-likeness (QED) is 0.793. The van der Waals surface area contributed by atoms with Gasteiger partial charge in [-0.15, -0.1) is 0 Å². The highest BCUT2D eigenvalue weighted by Gasteiger charge is 2.37. The van der Waals surface area contributed by atoms with Crippen molar-refractivity contribution in [1.29, 1.82) is 0 Å². The van der Waals surface area contributed by atoms with E-state index in [1.54, 1.807) is 0 Å². The number of nitrogens with one attached hydrogen (secondary N) is 1. The first-order valence-electron chi connectivity index (χ1n) is 6.67. The molecular weight excluding hydrogens is 234 g/mol. The molecule has 1 heterocycles. The first-order valence-corrected chi connectivity index (χ1v) is 6.67. The molecule has 2 N–H and O–H groups in total. The van der Waals surface area contributed by atoms with Crippen LogP contribution in [0, 0.1) is 11.8 Å². The Morgan fingerprint density at radius 2 is 1.78 bits per heavy atom. The molecule has 0 radical (unpaired) electrons. The van der Waals surface area contributed by atoms with E-state index in [1.165, 1.54) is 0 Å². The minimum absolute atomic E-state index is 0.148. The van der Waals surface area contributed by atoms with Crippen LogP contribution in [0.15, 0.2) is 0 Å². The van der Waals surface area contributed by atoms with Gasteiger partial charge in [-0.2, -0.15) is 0 Å². The van der Waals surface area contributed by atoms with E-state index in [1.807, 2.05) is 0 Å². The van der Waals surface area contributed by atoms with Crippen molar-refractivity contribution in [1.82, 2.24) is 5.32 Å². The van der Waals surface area contributed by atoms with Gasteiger partial charge >= 0.3 is 5.97 Å². The summed E-state index contributed by atoms with van der Waals surface area (Å²) in [5.74, 6) is -0.0185. The summed E-state index contributed by atoms with van der Waals surface area (Å²) < 4.78 is 5.25. The van der Waals surface area contributed by atoms with Crippen molar-refractivity contribution in [3.05, 3.63) is 0 Å². The molecule has 18 heavy (non-hydrogen) atoms. The fraction of sp³-hybridized carbons (Fsp3) is 0.846. The summed E-state index contributed by atoms with van der Waals surface area (Å²) in [5.41, 5.74) is 0. The molecule has 2 fully saturated rings. The van der Waals surface area contributed by atoms with E-state index in [9.17, 15) is 9.59 Å². The highest BCUT2D eigenvalue weighted by Crippen LogP contribution is 2.31. The summed E-state index contributed by atoms with van der Waals surface area (Å²) in [5, 5.41) is 11.8. The van der Waals surface area contributed by atoms with Crippen LogP contribution in [0.1, 0.15) is 39.5 Å². The molecule has 0 aromatic heterocycles. The van der Waals surface area contributed by atoms with Crippen LogP contribution in [0.4, 0.5) is 0 Å². The van der Waals surface area contributed by atoms with Gasteiger partial charge in [-0.1, -0.05) is 13.8 Å². The number of hydrogen-bond acceptors (Lipinski definition) is 3. The second kappa shape index (κ2) is 5.26. The van der Waals surface area contributed by atoms with Gasteiger partial charge in [0.05, 0.1) is 0 Å². The Labute approximate surface area is 107 Å². The van der Waals surface area contributed by atoms with Crippen molar-refractivity contribution in [2.75, 3.05) is 0 Å². The number of carbonyl (C=O) groups is 2.